The number of nitrogens with zero attached hydrogens (tertiary/aromatic N) is 5. The lowest BCUT2D eigenvalue weighted by Crippen LogP contribution is -2.62. The first kappa shape index (κ1) is 18.1. The highest BCUT2D eigenvalue weighted by Crippen LogP contribution is 2.30. The van der Waals surface area contributed by atoms with Gasteiger partial charge < -0.3 is 14.3 Å². The van der Waals surface area contributed by atoms with Crippen LogP contribution in [0, 0.1) is 0 Å². The average Bonchev–Trinajstić information content (AvgIpc) is 3.44. The molecule has 1 unspecified atom stereocenters. The van der Waals surface area contributed by atoms with Crippen LogP contribution in [0.15, 0.2) is 53.1 Å². The first-order valence-corrected chi connectivity index (χ1v) is 11.3. The summed E-state index contributed by atoms with van der Waals surface area (Å²) in [6, 6.07) is 16.6. The Morgan fingerprint density at radius 1 is 0.867 bits per heavy atom. The number of para-hydroxylation sites is 1. The molecule has 2 aromatic carbocycles. The summed E-state index contributed by atoms with van der Waals surface area (Å²) in [4.78, 5) is 7.34. The van der Waals surface area contributed by atoms with Crippen molar-refractivity contribution < 1.29 is 4.52 Å². The Hall–Kier alpha value is -2.68. The zero-order chi connectivity index (χ0) is 19.9. The number of anilines is 2. The molecular formula is C22H24N6OS. The van der Waals surface area contributed by atoms with Gasteiger partial charge in [0, 0.05) is 51.2 Å². The molecule has 2 aliphatic heterocycles. The topological polar surface area (TPSA) is 60.7 Å². The minimum absolute atomic E-state index is 0.343. The normalized spacial score (nSPS) is 21.0. The molecule has 1 atom stereocenters. The van der Waals surface area contributed by atoms with E-state index in [9.17, 15) is 0 Å². The summed E-state index contributed by atoms with van der Waals surface area (Å²) in [5.74, 6) is 2.10. The van der Waals surface area contributed by atoms with Crippen LogP contribution in [-0.4, -0.2) is 66.4 Å². The molecule has 2 fully saturated rings. The number of nitrogens with one attached hydrogen (secondary N) is 1. The highest BCUT2D eigenvalue weighted by molar-refractivity contribution is 7.13. The van der Waals surface area contributed by atoms with E-state index in [2.05, 4.69) is 55.5 Å². The summed E-state index contributed by atoms with van der Waals surface area (Å²) in [5, 5.41) is 10.4. The first-order chi connectivity index (χ1) is 14.9. The Bertz CT molecular complexity index is 1160. The van der Waals surface area contributed by atoms with E-state index in [1.165, 1.54) is 10.1 Å². The van der Waals surface area contributed by atoms with E-state index in [4.69, 9.17) is 8.90 Å². The summed E-state index contributed by atoms with van der Waals surface area (Å²) >= 11 is 1.60. The Labute approximate surface area is 179 Å². The predicted molar refractivity (Wildman–Crippen MR) is 121 cm³/mol. The molecular weight excluding hydrogens is 396 g/mol. The lowest BCUT2D eigenvalue weighted by molar-refractivity contribution is 0.148. The molecule has 8 heteroatoms. The smallest absolute Gasteiger partial charge is 0.180 e. The number of benzene rings is 2. The number of aromatic nitrogens is 2. The molecule has 154 valence electrons. The van der Waals surface area contributed by atoms with Gasteiger partial charge in [-0.05, 0) is 35.8 Å². The van der Waals surface area contributed by atoms with Crippen LogP contribution >= 0.6 is 11.5 Å². The van der Waals surface area contributed by atoms with E-state index < -0.39 is 0 Å². The van der Waals surface area contributed by atoms with Gasteiger partial charge in [-0.2, -0.15) is 4.37 Å². The second-order valence-corrected chi connectivity index (χ2v) is 8.75. The quantitative estimate of drug-likeness (QED) is 0.547. The van der Waals surface area contributed by atoms with Gasteiger partial charge in [0.25, 0.3) is 0 Å². The van der Waals surface area contributed by atoms with Crippen LogP contribution in [0.25, 0.3) is 21.1 Å². The number of piperazine rings is 2. The van der Waals surface area contributed by atoms with Gasteiger partial charge in [0.05, 0.1) is 16.3 Å². The highest BCUT2D eigenvalue weighted by Gasteiger charge is 2.30. The van der Waals surface area contributed by atoms with Crippen LogP contribution in [0.1, 0.15) is 0 Å². The third-order valence-corrected chi connectivity index (χ3v) is 7.04. The Morgan fingerprint density at radius 2 is 1.67 bits per heavy atom. The van der Waals surface area contributed by atoms with Gasteiger partial charge in [-0.3, -0.25) is 10.2 Å². The van der Waals surface area contributed by atoms with Crippen LogP contribution < -0.4 is 15.1 Å². The maximum absolute atomic E-state index is 5.51. The fourth-order valence-electron chi connectivity index (χ4n) is 4.61. The molecule has 0 spiro atoms. The monoisotopic (exact) mass is 420 g/mol. The van der Waals surface area contributed by atoms with E-state index in [0.717, 1.165) is 68.4 Å². The number of rotatable bonds is 3. The van der Waals surface area contributed by atoms with Crippen molar-refractivity contribution in [1.82, 2.24) is 19.7 Å². The van der Waals surface area contributed by atoms with Crippen LogP contribution in [0.2, 0.25) is 0 Å². The molecule has 0 amide bonds. The van der Waals surface area contributed by atoms with E-state index >= 15 is 0 Å². The van der Waals surface area contributed by atoms with Crippen molar-refractivity contribution in [2.75, 3.05) is 55.6 Å². The third-order valence-electron chi connectivity index (χ3n) is 6.23. The van der Waals surface area contributed by atoms with Crippen LogP contribution in [0.3, 0.4) is 0 Å². The van der Waals surface area contributed by atoms with Crippen molar-refractivity contribution in [2.24, 2.45) is 0 Å². The predicted octanol–water partition coefficient (Wildman–Crippen LogP) is 3.00. The lowest BCUT2D eigenvalue weighted by Gasteiger charge is -2.44. The van der Waals surface area contributed by atoms with Gasteiger partial charge in [0.1, 0.15) is 5.82 Å². The van der Waals surface area contributed by atoms with Crippen molar-refractivity contribution in [3.63, 3.8) is 0 Å². The third kappa shape index (κ3) is 3.12. The summed E-state index contributed by atoms with van der Waals surface area (Å²) in [7, 11) is 0. The number of hydrogen-bond acceptors (Lipinski definition) is 8. The molecule has 7 nitrogen and oxygen atoms in total. The van der Waals surface area contributed by atoms with Crippen LogP contribution in [0.5, 0.6) is 0 Å². The van der Waals surface area contributed by atoms with Gasteiger partial charge in [0.2, 0.25) is 0 Å². The van der Waals surface area contributed by atoms with E-state index in [-0.39, 0.29) is 0 Å². The van der Waals surface area contributed by atoms with Gasteiger partial charge in [-0.15, -0.1) is 0 Å². The summed E-state index contributed by atoms with van der Waals surface area (Å²) in [5.41, 5.74) is 0.856. The second-order valence-electron chi connectivity index (χ2n) is 7.94. The SMILES string of the molecule is c1ccc2c(N3CCN(C4CN(c5nsc6ccccc56)CCN4)CC3)noc2c1. The number of fused-ring (bicyclic) bond motifs is 2. The Morgan fingerprint density at radius 3 is 2.57 bits per heavy atom. The van der Waals surface area contributed by atoms with Crippen molar-refractivity contribution >= 4 is 44.2 Å². The standard InChI is InChI=1S/C22H24N6OS/c1-3-7-18-16(5-1)21(24-29-18)27-13-11-26(12-14-27)20-15-28(10-9-23-20)22-17-6-2-4-8-19(17)30-25-22/h1-8,20,23H,9-15H2. The summed E-state index contributed by atoms with van der Waals surface area (Å²) in [6.07, 6.45) is 0.343. The molecule has 30 heavy (non-hydrogen) atoms. The van der Waals surface area contributed by atoms with E-state index in [1.807, 2.05) is 18.2 Å². The Kier molecular flexibility index (Phi) is 4.55. The zero-order valence-corrected chi connectivity index (χ0v) is 17.5. The molecule has 4 aromatic rings. The minimum atomic E-state index is 0.343. The molecule has 0 aliphatic carbocycles. The molecule has 6 rings (SSSR count). The zero-order valence-electron chi connectivity index (χ0n) is 16.7. The van der Waals surface area contributed by atoms with Gasteiger partial charge >= 0.3 is 0 Å². The summed E-state index contributed by atoms with van der Waals surface area (Å²) in [6.45, 7) is 6.85. The van der Waals surface area contributed by atoms with Crippen molar-refractivity contribution in [2.45, 2.75) is 6.17 Å². The molecule has 0 radical (unpaired) electrons. The first-order valence-electron chi connectivity index (χ1n) is 10.5. The van der Waals surface area contributed by atoms with Crippen molar-refractivity contribution in [3.8, 4) is 0 Å². The fourth-order valence-corrected chi connectivity index (χ4v) is 5.41. The molecule has 0 bridgehead atoms. The highest BCUT2D eigenvalue weighted by atomic mass is 32.1. The average molecular weight is 421 g/mol. The molecule has 2 aliphatic rings. The molecule has 0 saturated carbocycles. The second kappa shape index (κ2) is 7.54. The fraction of sp³-hybridized carbons (Fsp3) is 0.364. The van der Waals surface area contributed by atoms with Gasteiger partial charge in [0.15, 0.2) is 11.4 Å². The van der Waals surface area contributed by atoms with Crippen LogP contribution in [-0.2, 0) is 0 Å². The van der Waals surface area contributed by atoms with Gasteiger partial charge in [-0.1, -0.05) is 29.4 Å². The molecule has 1 N–H and O–H groups in total. The van der Waals surface area contributed by atoms with Gasteiger partial charge in [-0.25, -0.2) is 0 Å². The number of hydrogen-bond donors (Lipinski definition) is 1. The molecule has 2 aromatic heterocycles. The minimum Gasteiger partial charge on any atom is -0.354 e. The van der Waals surface area contributed by atoms with E-state index in [0.29, 0.717) is 6.17 Å². The van der Waals surface area contributed by atoms with Crippen LogP contribution in [0.4, 0.5) is 11.6 Å². The largest absolute Gasteiger partial charge is 0.354 e. The molecule has 4 heterocycles. The van der Waals surface area contributed by atoms with Crippen molar-refractivity contribution in [1.29, 1.82) is 0 Å². The molecule has 2 saturated heterocycles. The van der Waals surface area contributed by atoms with E-state index in [1.54, 1.807) is 11.5 Å². The lowest BCUT2D eigenvalue weighted by atomic mass is 10.2. The maximum atomic E-state index is 5.51. The Balaban J connectivity index is 1.14. The van der Waals surface area contributed by atoms with Crippen molar-refractivity contribution in [3.05, 3.63) is 48.5 Å². The summed E-state index contributed by atoms with van der Waals surface area (Å²) < 4.78 is 11.5. The maximum Gasteiger partial charge on any atom is 0.180 e.